The van der Waals surface area contributed by atoms with Gasteiger partial charge in [-0.2, -0.15) is 0 Å². The summed E-state index contributed by atoms with van der Waals surface area (Å²) in [7, 11) is 1.95. The average Bonchev–Trinajstić information content (AvgIpc) is 3.14. The standard InChI is InChI=1S/C29H28N2O5/c1-4-35-21-10-7-9-19(16-21)26-25(28(33)29(34)31(26)22-11-6-5-8-18(22)2)27(32)20-12-13-24-23(17-20)30(3)14-15-36-24/h5-13,16-17,26,32H,4,14-15H2,1-3H3/b27-25-. The van der Waals surface area contributed by atoms with Crippen LogP contribution in [0.3, 0.4) is 0 Å². The number of ketones is 1. The molecule has 0 saturated carbocycles. The van der Waals surface area contributed by atoms with E-state index in [4.69, 9.17) is 9.47 Å². The van der Waals surface area contributed by atoms with Gasteiger partial charge in [0.05, 0.1) is 30.5 Å². The van der Waals surface area contributed by atoms with Crippen molar-refractivity contribution in [2.24, 2.45) is 0 Å². The number of amides is 1. The summed E-state index contributed by atoms with van der Waals surface area (Å²) in [5.41, 5.74) is 3.43. The summed E-state index contributed by atoms with van der Waals surface area (Å²) in [4.78, 5) is 30.4. The Balaban J connectivity index is 1.71. The lowest BCUT2D eigenvalue weighted by Gasteiger charge is -2.28. The normalized spacial score (nSPS) is 18.7. The maximum Gasteiger partial charge on any atom is 0.300 e. The van der Waals surface area contributed by atoms with Crippen LogP contribution in [0.2, 0.25) is 0 Å². The molecule has 36 heavy (non-hydrogen) atoms. The summed E-state index contributed by atoms with van der Waals surface area (Å²) < 4.78 is 11.4. The van der Waals surface area contributed by atoms with Crippen LogP contribution in [0.15, 0.2) is 72.3 Å². The largest absolute Gasteiger partial charge is 0.507 e. The highest BCUT2D eigenvalue weighted by molar-refractivity contribution is 6.51. The summed E-state index contributed by atoms with van der Waals surface area (Å²) in [5.74, 6) is -0.307. The van der Waals surface area contributed by atoms with Crippen LogP contribution < -0.4 is 19.3 Å². The molecule has 0 radical (unpaired) electrons. The van der Waals surface area contributed by atoms with E-state index in [0.29, 0.717) is 48.1 Å². The molecule has 0 spiro atoms. The molecule has 1 atom stereocenters. The summed E-state index contributed by atoms with van der Waals surface area (Å²) in [5, 5.41) is 11.5. The van der Waals surface area contributed by atoms with Crippen molar-refractivity contribution in [3.8, 4) is 11.5 Å². The molecule has 0 bridgehead atoms. The van der Waals surface area contributed by atoms with Crippen molar-refractivity contribution >= 4 is 28.8 Å². The van der Waals surface area contributed by atoms with Crippen LogP contribution in [-0.4, -0.2) is 43.6 Å². The molecule has 1 amide bonds. The van der Waals surface area contributed by atoms with Gasteiger partial charge in [0.2, 0.25) is 0 Å². The Bertz CT molecular complexity index is 1380. The number of aliphatic hydroxyl groups is 1. The highest BCUT2D eigenvalue weighted by Crippen LogP contribution is 2.44. The number of fused-ring (bicyclic) bond motifs is 1. The maximum absolute atomic E-state index is 13.5. The lowest BCUT2D eigenvalue weighted by molar-refractivity contribution is -0.132. The molecular formula is C29H28N2O5. The van der Waals surface area contributed by atoms with Gasteiger partial charge in [0.15, 0.2) is 0 Å². The molecule has 2 aliphatic rings. The Labute approximate surface area is 210 Å². The number of aliphatic hydroxyl groups excluding tert-OH is 1. The number of nitrogens with zero attached hydrogens (tertiary/aromatic N) is 2. The van der Waals surface area contributed by atoms with Crippen molar-refractivity contribution < 1.29 is 24.2 Å². The number of ether oxygens (including phenoxy) is 2. The fourth-order valence-corrected chi connectivity index (χ4v) is 4.82. The second kappa shape index (κ2) is 9.41. The van der Waals surface area contributed by atoms with Gasteiger partial charge in [-0.3, -0.25) is 14.5 Å². The molecular weight excluding hydrogens is 456 g/mol. The van der Waals surface area contributed by atoms with E-state index in [-0.39, 0.29) is 11.3 Å². The molecule has 2 aliphatic heterocycles. The van der Waals surface area contributed by atoms with Gasteiger partial charge in [-0.15, -0.1) is 0 Å². The van der Waals surface area contributed by atoms with E-state index in [1.807, 2.05) is 74.3 Å². The minimum absolute atomic E-state index is 0.0382. The molecule has 5 rings (SSSR count). The first kappa shape index (κ1) is 23.5. The lowest BCUT2D eigenvalue weighted by Crippen LogP contribution is -2.30. The van der Waals surface area contributed by atoms with E-state index >= 15 is 0 Å². The van der Waals surface area contributed by atoms with Crippen molar-refractivity contribution in [2.75, 3.05) is 36.6 Å². The first-order chi connectivity index (χ1) is 17.4. The minimum Gasteiger partial charge on any atom is -0.507 e. The van der Waals surface area contributed by atoms with Crippen molar-refractivity contribution in [1.29, 1.82) is 0 Å². The molecule has 1 saturated heterocycles. The Hall–Kier alpha value is -4.26. The number of Topliss-reactive ketones (excluding diaryl/α,β-unsaturated/α-hetero) is 1. The van der Waals surface area contributed by atoms with E-state index in [2.05, 4.69) is 0 Å². The quantitative estimate of drug-likeness (QED) is 0.317. The van der Waals surface area contributed by atoms with E-state index < -0.39 is 17.7 Å². The molecule has 1 N–H and O–H groups in total. The number of rotatable bonds is 5. The van der Waals surface area contributed by atoms with Gasteiger partial charge in [-0.25, -0.2) is 0 Å². The smallest absolute Gasteiger partial charge is 0.300 e. The van der Waals surface area contributed by atoms with Gasteiger partial charge in [-0.05, 0) is 61.4 Å². The van der Waals surface area contributed by atoms with Crippen LogP contribution in [0.4, 0.5) is 11.4 Å². The molecule has 3 aromatic rings. The highest BCUT2D eigenvalue weighted by Gasteiger charge is 2.47. The monoisotopic (exact) mass is 484 g/mol. The Morgan fingerprint density at radius 2 is 1.86 bits per heavy atom. The molecule has 2 heterocycles. The van der Waals surface area contributed by atoms with Crippen LogP contribution in [0, 0.1) is 6.92 Å². The highest BCUT2D eigenvalue weighted by atomic mass is 16.5. The Morgan fingerprint density at radius 1 is 1.06 bits per heavy atom. The van der Waals surface area contributed by atoms with Crippen molar-refractivity contribution in [1.82, 2.24) is 0 Å². The van der Waals surface area contributed by atoms with Crippen molar-refractivity contribution in [3.63, 3.8) is 0 Å². The average molecular weight is 485 g/mol. The molecule has 7 nitrogen and oxygen atoms in total. The Kier molecular flexibility index (Phi) is 6.14. The van der Waals surface area contributed by atoms with Crippen LogP contribution in [0.5, 0.6) is 11.5 Å². The maximum atomic E-state index is 13.5. The number of benzene rings is 3. The first-order valence-corrected chi connectivity index (χ1v) is 12.0. The fraction of sp³-hybridized carbons (Fsp3) is 0.241. The number of carbonyl (C=O) groups excluding carboxylic acids is 2. The van der Waals surface area contributed by atoms with E-state index in [1.54, 1.807) is 18.2 Å². The summed E-state index contributed by atoms with van der Waals surface area (Å²) in [6.07, 6.45) is 0. The first-order valence-electron chi connectivity index (χ1n) is 12.0. The Morgan fingerprint density at radius 3 is 2.64 bits per heavy atom. The van der Waals surface area contributed by atoms with Gasteiger partial charge in [-0.1, -0.05) is 30.3 Å². The molecule has 0 aromatic heterocycles. The summed E-state index contributed by atoms with van der Waals surface area (Å²) in [6.45, 7) is 5.54. The zero-order valence-electron chi connectivity index (χ0n) is 20.5. The number of likely N-dealkylation sites (N-methyl/N-ethyl adjacent to an activating group) is 1. The SMILES string of the molecule is CCOc1cccc(C2/C(=C(/O)c3ccc4c(c3)N(C)CCO4)C(=O)C(=O)N2c2ccccc2C)c1. The number of hydrogen-bond acceptors (Lipinski definition) is 6. The molecule has 7 heteroatoms. The zero-order valence-corrected chi connectivity index (χ0v) is 20.5. The van der Waals surface area contributed by atoms with E-state index in [1.165, 1.54) is 4.90 Å². The van der Waals surface area contributed by atoms with Crippen LogP contribution in [-0.2, 0) is 9.59 Å². The molecule has 1 unspecified atom stereocenters. The molecule has 3 aromatic carbocycles. The third-order valence-electron chi connectivity index (χ3n) is 6.63. The minimum atomic E-state index is -0.823. The summed E-state index contributed by atoms with van der Waals surface area (Å²) >= 11 is 0. The van der Waals surface area contributed by atoms with Crippen LogP contribution >= 0.6 is 0 Å². The van der Waals surface area contributed by atoms with E-state index in [0.717, 1.165) is 11.3 Å². The summed E-state index contributed by atoms with van der Waals surface area (Å²) in [6, 6.07) is 19.2. The topological polar surface area (TPSA) is 79.3 Å². The predicted octanol–water partition coefficient (Wildman–Crippen LogP) is 4.85. The fourth-order valence-electron chi connectivity index (χ4n) is 4.82. The number of carbonyl (C=O) groups is 2. The third kappa shape index (κ3) is 3.96. The van der Waals surface area contributed by atoms with Crippen LogP contribution in [0.1, 0.15) is 29.7 Å². The predicted molar refractivity (Wildman–Crippen MR) is 139 cm³/mol. The van der Waals surface area contributed by atoms with Gasteiger partial charge >= 0.3 is 0 Å². The lowest BCUT2D eigenvalue weighted by atomic mass is 9.94. The van der Waals surface area contributed by atoms with Gasteiger partial charge in [0.25, 0.3) is 11.7 Å². The molecule has 1 fully saturated rings. The van der Waals surface area contributed by atoms with Gasteiger partial charge < -0.3 is 19.5 Å². The van der Waals surface area contributed by atoms with Crippen molar-refractivity contribution in [2.45, 2.75) is 19.9 Å². The zero-order chi connectivity index (χ0) is 25.4. The third-order valence-corrected chi connectivity index (χ3v) is 6.63. The van der Waals surface area contributed by atoms with Crippen molar-refractivity contribution in [3.05, 3.63) is 89.0 Å². The van der Waals surface area contributed by atoms with Crippen LogP contribution in [0.25, 0.3) is 5.76 Å². The second-order valence-corrected chi connectivity index (χ2v) is 8.91. The van der Waals surface area contributed by atoms with Gasteiger partial charge in [0.1, 0.15) is 23.9 Å². The molecule has 0 aliphatic carbocycles. The number of hydrogen-bond donors (Lipinski definition) is 1. The van der Waals surface area contributed by atoms with E-state index in [9.17, 15) is 14.7 Å². The number of anilines is 2. The number of para-hydroxylation sites is 1. The molecule has 184 valence electrons. The van der Waals surface area contributed by atoms with Gasteiger partial charge in [0, 0.05) is 18.3 Å². The number of aryl methyl sites for hydroxylation is 1. The second-order valence-electron chi connectivity index (χ2n) is 8.91.